The van der Waals surface area contributed by atoms with Gasteiger partial charge in [0.1, 0.15) is 17.9 Å². The summed E-state index contributed by atoms with van der Waals surface area (Å²) in [7, 11) is 2.63. The lowest BCUT2D eigenvalue weighted by molar-refractivity contribution is 0.0589. The van der Waals surface area contributed by atoms with E-state index >= 15 is 0 Å². The van der Waals surface area contributed by atoms with Crippen LogP contribution in [0, 0.1) is 11.8 Å². The van der Waals surface area contributed by atoms with Crippen LogP contribution in [0.1, 0.15) is 26.3 Å². The van der Waals surface area contributed by atoms with Crippen molar-refractivity contribution in [3.8, 4) is 17.6 Å². The number of benzene rings is 2. The van der Waals surface area contributed by atoms with Crippen molar-refractivity contribution in [1.82, 2.24) is 0 Å². The van der Waals surface area contributed by atoms with Crippen molar-refractivity contribution >= 4 is 11.9 Å². The summed E-state index contributed by atoms with van der Waals surface area (Å²) in [5, 5.41) is 0. The normalized spacial score (nSPS) is 9.42. The number of ether oxygens (including phenoxy) is 3. The predicted octanol–water partition coefficient (Wildman–Crippen LogP) is 2.69. The van der Waals surface area contributed by atoms with Gasteiger partial charge in [-0.05, 0) is 24.3 Å². The van der Waals surface area contributed by atoms with Gasteiger partial charge in [-0.1, -0.05) is 36.1 Å². The van der Waals surface area contributed by atoms with E-state index < -0.39 is 11.9 Å². The van der Waals surface area contributed by atoms with Crippen LogP contribution in [0.2, 0.25) is 0 Å². The van der Waals surface area contributed by atoms with Gasteiger partial charge >= 0.3 is 11.9 Å². The highest BCUT2D eigenvalue weighted by molar-refractivity contribution is 5.92. The van der Waals surface area contributed by atoms with Crippen LogP contribution in [0.15, 0.2) is 48.5 Å². The molecule has 0 amide bonds. The van der Waals surface area contributed by atoms with Crippen LogP contribution in [-0.2, 0) is 9.47 Å². The Morgan fingerprint density at radius 1 is 0.875 bits per heavy atom. The molecule has 0 saturated carbocycles. The SMILES string of the molecule is COC(=O)c1ccccc1C#CCOc1ccccc1C(=O)OC. The molecule has 2 aromatic carbocycles. The van der Waals surface area contributed by atoms with Gasteiger partial charge in [0.15, 0.2) is 0 Å². The van der Waals surface area contributed by atoms with Crippen LogP contribution in [-0.4, -0.2) is 32.8 Å². The molecule has 2 aromatic rings. The number of esters is 2. The van der Waals surface area contributed by atoms with Crippen LogP contribution < -0.4 is 4.74 Å². The Morgan fingerprint density at radius 3 is 2.17 bits per heavy atom. The molecule has 24 heavy (non-hydrogen) atoms. The molecule has 122 valence electrons. The molecule has 0 radical (unpaired) electrons. The van der Waals surface area contributed by atoms with Crippen LogP contribution in [0.3, 0.4) is 0 Å². The summed E-state index contributed by atoms with van der Waals surface area (Å²) < 4.78 is 14.9. The Morgan fingerprint density at radius 2 is 1.46 bits per heavy atom. The number of carbonyl (C=O) groups excluding carboxylic acids is 2. The zero-order valence-electron chi connectivity index (χ0n) is 13.4. The number of para-hydroxylation sites is 1. The highest BCUT2D eigenvalue weighted by atomic mass is 16.5. The smallest absolute Gasteiger partial charge is 0.341 e. The van der Waals surface area contributed by atoms with Gasteiger partial charge in [0.25, 0.3) is 0 Å². The quantitative estimate of drug-likeness (QED) is 0.639. The number of methoxy groups -OCH3 is 2. The fourth-order valence-electron chi connectivity index (χ4n) is 2.00. The highest BCUT2D eigenvalue weighted by Crippen LogP contribution is 2.18. The monoisotopic (exact) mass is 324 g/mol. The van der Waals surface area contributed by atoms with Gasteiger partial charge in [-0.25, -0.2) is 9.59 Å². The van der Waals surface area contributed by atoms with E-state index in [9.17, 15) is 9.59 Å². The molecule has 0 saturated heterocycles. The third kappa shape index (κ3) is 4.14. The fraction of sp³-hybridized carbons (Fsp3) is 0.158. The summed E-state index contributed by atoms with van der Waals surface area (Å²) in [6.45, 7) is 0.0590. The number of hydrogen-bond acceptors (Lipinski definition) is 5. The molecule has 0 aliphatic heterocycles. The van der Waals surface area contributed by atoms with E-state index in [0.717, 1.165) is 0 Å². The Labute approximate surface area is 140 Å². The van der Waals surface area contributed by atoms with E-state index in [0.29, 0.717) is 22.4 Å². The molecular weight excluding hydrogens is 308 g/mol. The minimum absolute atomic E-state index is 0.0590. The van der Waals surface area contributed by atoms with Gasteiger partial charge in [0.05, 0.1) is 19.8 Å². The van der Waals surface area contributed by atoms with Crippen LogP contribution in [0.5, 0.6) is 5.75 Å². The van der Waals surface area contributed by atoms with E-state index in [1.165, 1.54) is 14.2 Å². The highest BCUT2D eigenvalue weighted by Gasteiger charge is 2.11. The number of hydrogen-bond donors (Lipinski definition) is 0. The minimum atomic E-state index is -0.477. The topological polar surface area (TPSA) is 61.8 Å². The summed E-state index contributed by atoms with van der Waals surface area (Å²) in [6.07, 6.45) is 0. The van der Waals surface area contributed by atoms with Gasteiger partial charge in [-0.2, -0.15) is 0 Å². The van der Waals surface area contributed by atoms with E-state index in [1.807, 2.05) is 0 Å². The first-order chi connectivity index (χ1) is 11.7. The first-order valence-corrected chi connectivity index (χ1v) is 7.13. The molecule has 0 atom stereocenters. The fourth-order valence-corrected chi connectivity index (χ4v) is 2.00. The van der Waals surface area contributed by atoms with Crippen LogP contribution >= 0.6 is 0 Å². The van der Waals surface area contributed by atoms with E-state index in [-0.39, 0.29) is 6.61 Å². The van der Waals surface area contributed by atoms with Gasteiger partial charge < -0.3 is 14.2 Å². The molecular formula is C19H16O5. The molecule has 0 N–H and O–H groups in total. The molecule has 0 fully saturated rings. The third-order valence-corrected chi connectivity index (χ3v) is 3.15. The maximum Gasteiger partial charge on any atom is 0.341 e. The maximum absolute atomic E-state index is 11.7. The summed E-state index contributed by atoms with van der Waals surface area (Å²) in [4.78, 5) is 23.3. The van der Waals surface area contributed by atoms with Crippen molar-refractivity contribution in [2.75, 3.05) is 20.8 Å². The molecule has 0 bridgehead atoms. The molecule has 0 unspecified atom stereocenters. The molecule has 5 nitrogen and oxygen atoms in total. The minimum Gasteiger partial charge on any atom is -0.480 e. The zero-order valence-corrected chi connectivity index (χ0v) is 13.4. The Bertz CT molecular complexity index is 799. The van der Waals surface area contributed by atoms with Crippen molar-refractivity contribution in [2.24, 2.45) is 0 Å². The predicted molar refractivity (Wildman–Crippen MR) is 87.9 cm³/mol. The largest absolute Gasteiger partial charge is 0.480 e. The van der Waals surface area contributed by atoms with E-state index in [2.05, 4.69) is 11.8 Å². The average Bonchev–Trinajstić information content (AvgIpc) is 2.64. The van der Waals surface area contributed by atoms with Gasteiger partial charge in [-0.15, -0.1) is 0 Å². The van der Waals surface area contributed by atoms with Gasteiger partial charge in [0, 0.05) is 5.56 Å². The first kappa shape index (κ1) is 17.1. The lowest BCUT2D eigenvalue weighted by atomic mass is 10.1. The second-order valence-corrected chi connectivity index (χ2v) is 4.62. The number of rotatable bonds is 4. The molecule has 0 heterocycles. The van der Waals surface area contributed by atoms with Crippen molar-refractivity contribution in [1.29, 1.82) is 0 Å². The summed E-state index contributed by atoms with van der Waals surface area (Å²) >= 11 is 0. The van der Waals surface area contributed by atoms with Crippen molar-refractivity contribution in [3.05, 3.63) is 65.2 Å². The van der Waals surface area contributed by atoms with Crippen molar-refractivity contribution in [2.45, 2.75) is 0 Å². The summed E-state index contributed by atoms with van der Waals surface area (Å²) in [6, 6.07) is 13.6. The first-order valence-electron chi connectivity index (χ1n) is 7.13. The lowest BCUT2D eigenvalue weighted by Crippen LogP contribution is -2.06. The Kier molecular flexibility index (Phi) is 5.98. The zero-order chi connectivity index (χ0) is 17.4. The summed E-state index contributed by atoms with van der Waals surface area (Å²) in [5.41, 5.74) is 1.27. The Balaban J connectivity index is 2.11. The molecule has 0 aliphatic carbocycles. The van der Waals surface area contributed by atoms with Crippen molar-refractivity contribution in [3.63, 3.8) is 0 Å². The Hall–Kier alpha value is -3.26. The standard InChI is InChI=1S/C19H16O5/c1-22-18(20)15-10-4-3-8-14(15)9-7-13-24-17-12-6-5-11-16(17)19(21)23-2/h3-6,8,10-12H,13H2,1-2H3. The molecule has 5 heteroatoms. The molecule has 0 aromatic heterocycles. The second-order valence-electron chi connectivity index (χ2n) is 4.62. The molecule has 0 aliphatic rings. The lowest BCUT2D eigenvalue weighted by Gasteiger charge is -2.07. The maximum atomic E-state index is 11.7. The molecule has 2 rings (SSSR count). The van der Waals surface area contributed by atoms with Gasteiger partial charge in [0.2, 0.25) is 0 Å². The number of carbonyl (C=O) groups is 2. The average molecular weight is 324 g/mol. The molecule has 0 spiro atoms. The van der Waals surface area contributed by atoms with Gasteiger partial charge in [-0.3, -0.25) is 0 Å². The van der Waals surface area contributed by atoms with E-state index in [1.54, 1.807) is 48.5 Å². The second kappa shape index (κ2) is 8.39. The van der Waals surface area contributed by atoms with Crippen molar-refractivity contribution < 1.29 is 23.8 Å². The third-order valence-electron chi connectivity index (χ3n) is 3.15. The summed E-state index contributed by atoms with van der Waals surface area (Å²) in [5.74, 6) is 5.16. The van der Waals surface area contributed by atoms with Crippen LogP contribution in [0.4, 0.5) is 0 Å². The van der Waals surface area contributed by atoms with E-state index in [4.69, 9.17) is 14.2 Å². The van der Waals surface area contributed by atoms with Crippen LogP contribution in [0.25, 0.3) is 0 Å².